The normalized spacial score (nSPS) is 11.0. The first kappa shape index (κ1) is 17.0. The van der Waals surface area contributed by atoms with Crippen LogP contribution in [0.15, 0.2) is 60.0 Å². The minimum absolute atomic E-state index is 0.0866. The average molecular weight is 356 g/mol. The molecule has 126 valence electrons. The lowest BCUT2D eigenvalue weighted by Gasteiger charge is -2.07. The summed E-state index contributed by atoms with van der Waals surface area (Å²) < 4.78 is 31.6. The van der Waals surface area contributed by atoms with Gasteiger partial charge < -0.3 is 4.74 Å². The zero-order valence-electron chi connectivity index (χ0n) is 13.3. The summed E-state index contributed by atoms with van der Waals surface area (Å²) in [6.07, 6.45) is 2.93. The maximum atomic E-state index is 13.3. The molecule has 0 atom stereocenters. The van der Waals surface area contributed by atoms with E-state index in [0.717, 1.165) is 28.1 Å². The number of allylic oxidation sites excluding steroid dienone is 1. The van der Waals surface area contributed by atoms with E-state index in [1.807, 2.05) is 35.7 Å². The molecule has 5 heteroatoms. The summed E-state index contributed by atoms with van der Waals surface area (Å²) in [4.78, 5) is 13.3. The molecule has 0 spiro atoms. The first-order valence-corrected chi connectivity index (χ1v) is 8.36. The summed E-state index contributed by atoms with van der Waals surface area (Å²) in [5.41, 5.74) is 1.82. The number of ether oxygens (including phenoxy) is 1. The zero-order chi connectivity index (χ0) is 17.8. The molecule has 0 fully saturated rings. The molecular weight excluding hydrogens is 342 g/mol. The number of carbonyl (C=O) groups is 1. The summed E-state index contributed by atoms with van der Waals surface area (Å²) in [5, 5.41) is 1.99. The number of hydrogen-bond acceptors (Lipinski definition) is 3. The number of ketones is 1. The number of hydrogen-bond donors (Lipinski definition) is 0. The molecule has 0 unspecified atom stereocenters. The maximum Gasteiger partial charge on any atom is 0.185 e. The monoisotopic (exact) mass is 356 g/mol. The second kappa shape index (κ2) is 7.40. The number of halogens is 2. The Morgan fingerprint density at radius 2 is 1.92 bits per heavy atom. The highest BCUT2D eigenvalue weighted by atomic mass is 32.1. The van der Waals surface area contributed by atoms with E-state index in [-0.39, 0.29) is 5.56 Å². The van der Waals surface area contributed by atoms with Crippen molar-refractivity contribution >= 4 is 23.2 Å². The molecular formula is C20H14F2O2S. The molecule has 0 saturated carbocycles. The fraction of sp³-hybridized carbons (Fsp3) is 0.0500. The van der Waals surface area contributed by atoms with Crippen molar-refractivity contribution in [3.8, 4) is 16.2 Å². The molecule has 25 heavy (non-hydrogen) atoms. The molecule has 0 aliphatic carbocycles. The first-order chi connectivity index (χ1) is 12.1. The van der Waals surface area contributed by atoms with Gasteiger partial charge in [-0.1, -0.05) is 6.07 Å². The van der Waals surface area contributed by atoms with Gasteiger partial charge in [-0.2, -0.15) is 0 Å². The van der Waals surface area contributed by atoms with E-state index in [0.29, 0.717) is 5.75 Å². The number of carbonyl (C=O) groups excluding carboxylic acids is 1. The topological polar surface area (TPSA) is 26.3 Å². The van der Waals surface area contributed by atoms with E-state index in [1.54, 1.807) is 24.5 Å². The van der Waals surface area contributed by atoms with Gasteiger partial charge in [-0.25, -0.2) is 8.78 Å². The summed E-state index contributed by atoms with van der Waals surface area (Å²) >= 11 is 1.61. The third-order valence-corrected chi connectivity index (χ3v) is 4.57. The Morgan fingerprint density at radius 3 is 2.60 bits per heavy atom. The van der Waals surface area contributed by atoms with Gasteiger partial charge in [-0.05, 0) is 65.6 Å². The minimum atomic E-state index is -1.04. The Bertz CT molecular complexity index is 931. The van der Waals surface area contributed by atoms with Crippen molar-refractivity contribution in [1.29, 1.82) is 0 Å². The molecule has 2 nitrogen and oxygen atoms in total. The zero-order valence-corrected chi connectivity index (χ0v) is 14.1. The average Bonchev–Trinajstić information content (AvgIpc) is 3.16. The SMILES string of the molecule is COc1ccc(-c2cccs2)cc1/C=C/C(=O)c1ccc(F)c(F)c1. The lowest BCUT2D eigenvalue weighted by Crippen LogP contribution is -1.97. The van der Waals surface area contributed by atoms with Crippen LogP contribution in [0.3, 0.4) is 0 Å². The molecule has 0 radical (unpaired) electrons. The van der Waals surface area contributed by atoms with Crippen LogP contribution in [0.2, 0.25) is 0 Å². The van der Waals surface area contributed by atoms with Crippen LogP contribution in [0, 0.1) is 11.6 Å². The van der Waals surface area contributed by atoms with Gasteiger partial charge in [0.05, 0.1) is 7.11 Å². The predicted octanol–water partition coefficient (Wildman–Crippen LogP) is 5.60. The summed E-state index contributed by atoms with van der Waals surface area (Å²) in [6, 6.07) is 12.7. The van der Waals surface area contributed by atoms with Gasteiger partial charge in [0, 0.05) is 16.0 Å². The van der Waals surface area contributed by atoms with Crippen LogP contribution in [0.4, 0.5) is 8.78 Å². The number of rotatable bonds is 5. The van der Waals surface area contributed by atoms with Gasteiger partial charge >= 0.3 is 0 Å². The minimum Gasteiger partial charge on any atom is -0.496 e. The molecule has 1 heterocycles. The molecule has 2 aromatic carbocycles. The van der Waals surface area contributed by atoms with Crippen LogP contribution in [0.5, 0.6) is 5.75 Å². The molecule has 3 aromatic rings. The third-order valence-electron chi connectivity index (χ3n) is 3.65. The van der Waals surface area contributed by atoms with Crippen molar-refractivity contribution < 1.29 is 18.3 Å². The van der Waals surface area contributed by atoms with Crippen LogP contribution in [-0.4, -0.2) is 12.9 Å². The molecule has 0 saturated heterocycles. The smallest absolute Gasteiger partial charge is 0.185 e. The van der Waals surface area contributed by atoms with Gasteiger partial charge in [0.1, 0.15) is 5.75 Å². The molecule has 1 aromatic heterocycles. The first-order valence-electron chi connectivity index (χ1n) is 7.48. The Kier molecular flexibility index (Phi) is 5.05. The Morgan fingerprint density at radius 1 is 1.08 bits per heavy atom. The van der Waals surface area contributed by atoms with Gasteiger partial charge in [0.15, 0.2) is 17.4 Å². The maximum absolute atomic E-state index is 13.3. The molecule has 0 amide bonds. The van der Waals surface area contributed by atoms with Crippen LogP contribution < -0.4 is 4.74 Å². The van der Waals surface area contributed by atoms with Crippen molar-refractivity contribution in [2.45, 2.75) is 0 Å². The summed E-state index contributed by atoms with van der Waals surface area (Å²) in [6.45, 7) is 0. The van der Waals surface area contributed by atoms with E-state index in [9.17, 15) is 13.6 Å². The molecule has 3 rings (SSSR count). The highest BCUT2D eigenvalue weighted by Crippen LogP contribution is 2.30. The predicted molar refractivity (Wildman–Crippen MR) is 96.0 cm³/mol. The second-order valence-electron chi connectivity index (χ2n) is 5.26. The quantitative estimate of drug-likeness (QED) is 0.439. The van der Waals surface area contributed by atoms with E-state index in [2.05, 4.69) is 0 Å². The van der Waals surface area contributed by atoms with Crippen LogP contribution in [0.25, 0.3) is 16.5 Å². The van der Waals surface area contributed by atoms with Gasteiger partial charge in [-0.15, -0.1) is 11.3 Å². The van der Waals surface area contributed by atoms with Gasteiger partial charge in [-0.3, -0.25) is 4.79 Å². The fourth-order valence-corrected chi connectivity index (χ4v) is 3.10. The number of methoxy groups -OCH3 is 1. The Balaban J connectivity index is 1.90. The second-order valence-corrected chi connectivity index (χ2v) is 6.21. The van der Waals surface area contributed by atoms with Crippen molar-refractivity contribution in [2.24, 2.45) is 0 Å². The lowest BCUT2D eigenvalue weighted by molar-refractivity contribution is 0.104. The standard InChI is InChI=1S/C20H14F2O2S/c1-24-19-9-6-15(20-3-2-10-25-20)11-14(19)5-8-18(23)13-4-7-16(21)17(22)12-13/h2-12H,1H3/b8-5+. The number of benzene rings is 2. The van der Waals surface area contributed by atoms with Crippen LogP contribution >= 0.6 is 11.3 Å². The van der Waals surface area contributed by atoms with E-state index in [1.165, 1.54) is 12.1 Å². The highest BCUT2D eigenvalue weighted by molar-refractivity contribution is 7.13. The van der Waals surface area contributed by atoms with Crippen LogP contribution in [-0.2, 0) is 0 Å². The molecule has 0 aliphatic heterocycles. The van der Waals surface area contributed by atoms with Gasteiger partial charge in [0.25, 0.3) is 0 Å². The lowest BCUT2D eigenvalue weighted by atomic mass is 10.1. The van der Waals surface area contributed by atoms with Crippen molar-refractivity contribution in [2.75, 3.05) is 7.11 Å². The van der Waals surface area contributed by atoms with Crippen molar-refractivity contribution in [1.82, 2.24) is 0 Å². The fourth-order valence-electron chi connectivity index (χ4n) is 2.37. The van der Waals surface area contributed by atoms with E-state index in [4.69, 9.17) is 4.74 Å². The van der Waals surface area contributed by atoms with Gasteiger partial charge in [0.2, 0.25) is 0 Å². The highest BCUT2D eigenvalue weighted by Gasteiger charge is 2.09. The van der Waals surface area contributed by atoms with Crippen molar-refractivity contribution in [3.63, 3.8) is 0 Å². The largest absolute Gasteiger partial charge is 0.496 e. The number of thiophene rings is 1. The van der Waals surface area contributed by atoms with Crippen LogP contribution in [0.1, 0.15) is 15.9 Å². The molecule has 0 aliphatic rings. The van der Waals surface area contributed by atoms with E-state index < -0.39 is 17.4 Å². The third kappa shape index (κ3) is 3.83. The summed E-state index contributed by atoms with van der Waals surface area (Å²) in [7, 11) is 1.55. The van der Waals surface area contributed by atoms with Crippen molar-refractivity contribution in [3.05, 3.63) is 82.7 Å². The van der Waals surface area contributed by atoms with E-state index >= 15 is 0 Å². The molecule has 0 N–H and O–H groups in total. The Labute approximate surface area is 148 Å². The summed E-state index contributed by atoms with van der Waals surface area (Å²) in [5.74, 6) is -1.82. The molecule has 0 bridgehead atoms. The Hall–Kier alpha value is -2.79.